The van der Waals surface area contributed by atoms with E-state index < -0.39 is 47.1 Å². The number of aryl methyl sites for hydroxylation is 1. The summed E-state index contributed by atoms with van der Waals surface area (Å²) in [5, 5.41) is 29.4. The number of rotatable bonds is 10. The van der Waals surface area contributed by atoms with E-state index in [1.165, 1.54) is 6.07 Å². The number of hydrogen-bond acceptors (Lipinski definition) is 6. The molecule has 1 unspecified atom stereocenters. The van der Waals surface area contributed by atoms with Crippen molar-refractivity contribution in [3.8, 4) is 5.75 Å². The highest BCUT2D eigenvalue weighted by molar-refractivity contribution is 6.23. The minimum Gasteiger partial charge on any atom is -0.508 e. The van der Waals surface area contributed by atoms with Crippen LogP contribution < -0.4 is 16.0 Å². The van der Waals surface area contributed by atoms with E-state index in [2.05, 4.69) is 16.0 Å². The molecule has 1 fully saturated rings. The van der Waals surface area contributed by atoms with Crippen molar-refractivity contribution >= 4 is 29.2 Å². The first kappa shape index (κ1) is 29.3. The maximum Gasteiger partial charge on any atom is 0.252 e. The van der Waals surface area contributed by atoms with E-state index in [1.807, 2.05) is 61.5 Å². The molecule has 0 spiro atoms. The van der Waals surface area contributed by atoms with E-state index >= 15 is 0 Å². The zero-order valence-electron chi connectivity index (χ0n) is 22.4. The fourth-order valence-electron chi connectivity index (χ4n) is 5.02. The SMILES string of the molecule is Cc1ccccc1CNC(=O)[C@H]1NC[C@@H](Cl)C1C(=O)[C@@H](O)[C@H](Cc1ccccc1)NC(=O)c1cccc(O)c1C. The minimum absolute atomic E-state index is 0.0366. The molecule has 2 amide bonds. The van der Waals surface area contributed by atoms with Gasteiger partial charge in [-0.15, -0.1) is 11.6 Å². The van der Waals surface area contributed by atoms with E-state index in [9.17, 15) is 24.6 Å². The van der Waals surface area contributed by atoms with Crippen molar-refractivity contribution in [2.75, 3.05) is 6.54 Å². The van der Waals surface area contributed by atoms with Crippen LogP contribution in [-0.2, 0) is 22.6 Å². The summed E-state index contributed by atoms with van der Waals surface area (Å²) in [5.41, 5.74) is 3.38. The maximum atomic E-state index is 13.7. The third-order valence-corrected chi connectivity index (χ3v) is 7.87. The van der Waals surface area contributed by atoms with Crippen molar-refractivity contribution in [2.24, 2.45) is 5.92 Å². The highest BCUT2D eigenvalue weighted by Crippen LogP contribution is 2.26. The highest BCUT2D eigenvalue weighted by atomic mass is 35.5. The number of alkyl halides is 1. The summed E-state index contributed by atoms with van der Waals surface area (Å²) in [4.78, 5) is 40.1. The molecule has 4 rings (SSSR count). The lowest BCUT2D eigenvalue weighted by Crippen LogP contribution is -2.54. The quantitative estimate of drug-likeness (QED) is 0.241. The van der Waals surface area contributed by atoms with Crippen molar-refractivity contribution in [3.63, 3.8) is 0 Å². The van der Waals surface area contributed by atoms with E-state index in [4.69, 9.17) is 11.6 Å². The Hall–Kier alpha value is -3.72. The summed E-state index contributed by atoms with van der Waals surface area (Å²) in [5.74, 6) is -2.61. The number of ketones is 1. The number of halogens is 1. The van der Waals surface area contributed by atoms with E-state index in [0.717, 1.165) is 16.7 Å². The first-order valence-electron chi connectivity index (χ1n) is 13.2. The molecule has 5 atom stereocenters. The van der Waals surface area contributed by atoms with Gasteiger partial charge in [0, 0.05) is 24.2 Å². The number of phenols is 1. The fraction of sp³-hybridized carbons (Fsp3) is 0.323. The van der Waals surface area contributed by atoms with E-state index in [-0.39, 0.29) is 30.8 Å². The molecular weight excluding hydrogens is 530 g/mol. The predicted molar refractivity (Wildman–Crippen MR) is 153 cm³/mol. The van der Waals surface area contributed by atoms with Gasteiger partial charge in [-0.1, -0.05) is 60.7 Å². The Labute approximate surface area is 238 Å². The van der Waals surface area contributed by atoms with Crippen LogP contribution >= 0.6 is 11.6 Å². The fourth-order valence-corrected chi connectivity index (χ4v) is 5.38. The van der Waals surface area contributed by atoms with Crippen molar-refractivity contribution in [2.45, 2.75) is 50.4 Å². The first-order chi connectivity index (χ1) is 19.2. The van der Waals surface area contributed by atoms with Gasteiger partial charge < -0.3 is 26.2 Å². The molecule has 0 aromatic heterocycles. The van der Waals surface area contributed by atoms with Gasteiger partial charge in [-0.2, -0.15) is 0 Å². The molecular formula is C31H34ClN3O5. The molecule has 1 heterocycles. The number of carbonyl (C=O) groups is 3. The molecule has 1 saturated heterocycles. The molecule has 3 aromatic rings. The van der Waals surface area contributed by atoms with Crippen LogP contribution in [0.4, 0.5) is 0 Å². The summed E-state index contributed by atoms with van der Waals surface area (Å²) in [6.45, 7) is 4.06. The Morgan fingerprint density at radius 1 is 1.00 bits per heavy atom. The molecule has 210 valence electrons. The third-order valence-electron chi connectivity index (χ3n) is 7.44. The Bertz CT molecular complexity index is 1370. The van der Waals surface area contributed by atoms with Gasteiger partial charge in [-0.25, -0.2) is 0 Å². The zero-order valence-corrected chi connectivity index (χ0v) is 23.2. The smallest absolute Gasteiger partial charge is 0.252 e. The lowest BCUT2D eigenvalue weighted by Gasteiger charge is -2.28. The van der Waals surface area contributed by atoms with Gasteiger partial charge in [0.15, 0.2) is 5.78 Å². The number of Topliss-reactive ketones (excluding diaryl/α,β-unsaturated/α-hetero) is 1. The number of aliphatic hydroxyl groups is 1. The lowest BCUT2D eigenvalue weighted by atomic mass is 9.87. The molecule has 8 nitrogen and oxygen atoms in total. The van der Waals surface area contributed by atoms with Crippen LogP contribution in [0.5, 0.6) is 5.75 Å². The molecule has 0 bridgehead atoms. The summed E-state index contributed by atoms with van der Waals surface area (Å²) < 4.78 is 0. The van der Waals surface area contributed by atoms with Gasteiger partial charge >= 0.3 is 0 Å². The Morgan fingerprint density at radius 2 is 1.70 bits per heavy atom. The average Bonchev–Trinajstić information content (AvgIpc) is 3.34. The Morgan fingerprint density at radius 3 is 2.42 bits per heavy atom. The second-order valence-corrected chi connectivity index (χ2v) is 10.7. The second-order valence-electron chi connectivity index (χ2n) is 10.1. The van der Waals surface area contributed by atoms with Crippen LogP contribution in [0.2, 0.25) is 0 Å². The van der Waals surface area contributed by atoms with Crippen molar-refractivity contribution in [3.05, 3.63) is 101 Å². The van der Waals surface area contributed by atoms with E-state index in [1.54, 1.807) is 19.1 Å². The molecule has 3 aromatic carbocycles. The average molecular weight is 564 g/mol. The Kier molecular flexibility index (Phi) is 9.58. The number of aliphatic hydroxyl groups excluding tert-OH is 1. The number of phenolic OH excluding ortho intramolecular Hbond substituents is 1. The van der Waals surface area contributed by atoms with Crippen LogP contribution in [0.1, 0.15) is 32.6 Å². The standard InChI is InChI=1S/C31H34ClN3O5/c1-18-9-6-7-12-21(18)16-34-31(40)27-26(23(32)17-33-27)29(38)28(37)24(15-20-10-4-3-5-11-20)35-30(39)22-13-8-14-25(36)19(22)2/h3-14,23-24,26-28,33,36-37H,15-17H2,1-2H3,(H,34,40)(H,35,39)/t23-,24+,26?,27+,28+/m1/s1. The van der Waals surface area contributed by atoms with Crippen molar-refractivity contribution in [1.82, 2.24) is 16.0 Å². The van der Waals surface area contributed by atoms with Crippen molar-refractivity contribution in [1.29, 1.82) is 0 Å². The van der Waals surface area contributed by atoms with Crippen LogP contribution in [0.15, 0.2) is 72.8 Å². The minimum atomic E-state index is -1.64. The predicted octanol–water partition coefficient (Wildman–Crippen LogP) is 2.79. The summed E-state index contributed by atoms with van der Waals surface area (Å²) >= 11 is 6.51. The number of aromatic hydroxyl groups is 1. The molecule has 5 N–H and O–H groups in total. The number of carbonyl (C=O) groups excluding carboxylic acids is 3. The zero-order chi connectivity index (χ0) is 28.8. The molecule has 0 saturated carbocycles. The number of benzene rings is 3. The van der Waals surface area contributed by atoms with Gasteiger partial charge in [0.1, 0.15) is 11.9 Å². The van der Waals surface area contributed by atoms with Crippen molar-refractivity contribution < 1.29 is 24.6 Å². The van der Waals surface area contributed by atoms with E-state index in [0.29, 0.717) is 5.56 Å². The monoisotopic (exact) mass is 563 g/mol. The van der Waals surface area contributed by atoms with Gasteiger partial charge in [0.2, 0.25) is 5.91 Å². The maximum absolute atomic E-state index is 13.7. The first-order valence-corrected chi connectivity index (χ1v) is 13.7. The van der Waals surface area contributed by atoms with Gasteiger partial charge in [-0.3, -0.25) is 14.4 Å². The highest BCUT2D eigenvalue weighted by Gasteiger charge is 2.47. The van der Waals surface area contributed by atoms with Crippen LogP contribution in [0.25, 0.3) is 0 Å². The largest absolute Gasteiger partial charge is 0.508 e. The number of hydrogen-bond donors (Lipinski definition) is 5. The van der Waals surface area contributed by atoms with Gasteiger partial charge in [-0.05, 0) is 49.1 Å². The molecule has 1 aliphatic rings. The molecule has 9 heteroatoms. The van der Waals surface area contributed by atoms with Gasteiger partial charge in [0.25, 0.3) is 5.91 Å². The second kappa shape index (κ2) is 13.1. The normalized spacial score (nSPS) is 19.9. The van der Waals surface area contributed by atoms with Crippen LogP contribution in [-0.4, -0.2) is 57.9 Å². The number of nitrogens with one attached hydrogen (secondary N) is 3. The molecule has 0 radical (unpaired) electrons. The molecule has 40 heavy (non-hydrogen) atoms. The third kappa shape index (κ3) is 6.70. The lowest BCUT2D eigenvalue weighted by molar-refractivity contribution is -0.136. The van der Waals surface area contributed by atoms with Crippen LogP contribution in [0, 0.1) is 19.8 Å². The molecule has 0 aliphatic carbocycles. The summed E-state index contributed by atoms with van der Waals surface area (Å²) in [7, 11) is 0. The topological polar surface area (TPSA) is 128 Å². The summed E-state index contributed by atoms with van der Waals surface area (Å²) in [6, 6.07) is 19.5. The summed E-state index contributed by atoms with van der Waals surface area (Å²) in [6.07, 6.45) is -1.48. The number of amides is 2. The van der Waals surface area contributed by atoms with Gasteiger partial charge in [0.05, 0.1) is 23.4 Å². The molecule has 1 aliphatic heterocycles. The van der Waals surface area contributed by atoms with Crippen LogP contribution in [0.3, 0.4) is 0 Å². The Balaban J connectivity index is 1.53.